The van der Waals surface area contributed by atoms with E-state index in [4.69, 9.17) is 23.4 Å². The van der Waals surface area contributed by atoms with Gasteiger partial charge in [0.05, 0.1) is 40.2 Å². The quantitative estimate of drug-likeness (QED) is 0.605. The monoisotopic (exact) mass is 403 g/mol. The summed E-state index contributed by atoms with van der Waals surface area (Å²) in [6.07, 6.45) is 4.67. The number of carbonyl (C=O) groups excluding carboxylic acids is 1. The van der Waals surface area contributed by atoms with Gasteiger partial charge in [-0.25, -0.2) is 0 Å². The number of amides is 1. The number of rotatable bonds is 10. The summed E-state index contributed by atoms with van der Waals surface area (Å²) >= 11 is 0. The Balaban J connectivity index is 1.68. The van der Waals surface area contributed by atoms with Crippen LogP contribution in [0.15, 0.2) is 34.9 Å². The Labute approximate surface area is 171 Å². The molecule has 0 N–H and O–H groups in total. The van der Waals surface area contributed by atoms with Gasteiger partial charge in [0.15, 0.2) is 11.5 Å². The fraction of sp³-hybridized carbons (Fsp3) is 0.500. The van der Waals surface area contributed by atoms with E-state index in [0.29, 0.717) is 43.2 Å². The molecule has 1 atom stereocenters. The first kappa shape index (κ1) is 21.0. The molecule has 0 saturated carbocycles. The Bertz CT molecular complexity index is 758. The second kappa shape index (κ2) is 10.2. The molecule has 2 heterocycles. The van der Waals surface area contributed by atoms with E-state index in [9.17, 15) is 4.79 Å². The van der Waals surface area contributed by atoms with Crippen LogP contribution in [0.1, 0.15) is 30.6 Å². The number of nitrogens with zero attached hydrogens (tertiary/aromatic N) is 1. The number of furan rings is 1. The molecule has 0 aliphatic carbocycles. The Morgan fingerprint density at radius 2 is 1.93 bits per heavy atom. The zero-order valence-electron chi connectivity index (χ0n) is 17.3. The highest BCUT2D eigenvalue weighted by Gasteiger charge is 2.23. The number of ether oxygens (including phenoxy) is 4. The van der Waals surface area contributed by atoms with E-state index in [1.807, 2.05) is 29.2 Å². The number of benzene rings is 1. The van der Waals surface area contributed by atoms with E-state index in [1.54, 1.807) is 27.6 Å². The molecule has 3 rings (SSSR count). The van der Waals surface area contributed by atoms with Crippen molar-refractivity contribution in [2.75, 3.05) is 34.5 Å². The third-order valence-electron chi connectivity index (χ3n) is 5.08. The molecule has 7 nitrogen and oxygen atoms in total. The fourth-order valence-electron chi connectivity index (χ4n) is 3.57. The van der Waals surface area contributed by atoms with Crippen molar-refractivity contribution >= 4 is 5.91 Å². The van der Waals surface area contributed by atoms with Crippen molar-refractivity contribution in [1.29, 1.82) is 0 Å². The Hall–Kier alpha value is -2.67. The standard InChI is InChI=1S/C22H29NO6/c1-25-19-12-16(13-20(26-2)22(19)27-3)8-9-21(24)23(14-17-6-4-10-28-17)15-18-7-5-11-29-18/h4,6,10,12-13,18H,5,7-9,11,14-15H2,1-3H3. The van der Waals surface area contributed by atoms with Gasteiger partial charge < -0.3 is 28.3 Å². The summed E-state index contributed by atoms with van der Waals surface area (Å²) in [6.45, 7) is 1.79. The van der Waals surface area contributed by atoms with Gasteiger partial charge in [-0.1, -0.05) is 0 Å². The van der Waals surface area contributed by atoms with E-state index in [-0.39, 0.29) is 12.0 Å². The van der Waals surface area contributed by atoms with E-state index in [1.165, 1.54) is 0 Å². The van der Waals surface area contributed by atoms with Crippen molar-refractivity contribution in [2.24, 2.45) is 0 Å². The first-order chi connectivity index (χ1) is 14.1. The highest BCUT2D eigenvalue weighted by molar-refractivity contribution is 5.76. The van der Waals surface area contributed by atoms with Crippen LogP contribution in [-0.4, -0.2) is 51.4 Å². The minimum Gasteiger partial charge on any atom is -0.493 e. The molecule has 1 aromatic carbocycles. The van der Waals surface area contributed by atoms with Gasteiger partial charge in [-0.3, -0.25) is 4.79 Å². The van der Waals surface area contributed by atoms with Crippen LogP contribution in [0.4, 0.5) is 0 Å². The van der Waals surface area contributed by atoms with Gasteiger partial charge in [0.1, 0.15) is 5.76 Å². The lowest BCUT2D eigenvalue weighted by atomic mass is 10.1. The number of carbonyl (C=O) groups is 1. The Morgan fingerprint density at radius 1 is 1.17 bits per heavy atom. The van der Waals surface area contributed by atoms with Crippen molar-refractivity contribution in [2.45, 2.75) is 38.3 Å². The highest BCUT2D eigenvalue weighted by atomic mass is 16.5. The molecule has 1 saturated heterocycles. The summed E-state index contributed by atoms with van der Waals surface area (Å²) < 4.78 is 27.3. The van der Waals surface area contributed by atoms with Crippen LogP contribution in [0.25, 0.3) is 0 Å². The number of methoxy groups -OCH3 is 3. The second-order valence-corrected chi connectivity index (χ2v) is 7.02. The van der Waals surface area contributed by atoms with Crippen molar-refractivity contribution in [3.63, 3.8) is 0 Å². The first-order valence-electron chi connectivity index (χ1n) is 9.85. The van der Waals surface area contributed by atoms with Gasteiger partial charge in [-0.05, 0) is 49.1 Å². The molecule has 1 aromatic heterocycles. The molecule has 2 aromatic rings. The Kier molecular flexibility index (Phi) is 7.41. The second-order valence-electron chi connectivity index (χ2n) is 7.02. The lowest BCUT2D eigenvalue weighted by molar-refractivity contribution is -0.133. The van der Waals surface area contributed by atoms with Gasteiger partial charge >= 0.3 is 0 Å². The molecule has 29 heavy (non-hydrogen) atoms. The maximum Gasteiger partial charge on any atom is 0.223 e. The summed E-state index contributed by atoms with van der Waals surface area (Å²) in [4.78, 5) is 14.8. The molecule has 7 heteroatoms. The van der Waals surface area contributed by atoms with Crippen molar-refractivity contribution < 1.29 is 28.2 Å². The van der Waals surface area contributed by atoms with Gasteiger partial charge in [0, 0.05) is 19.6 Å². The molecule has 1 aliphatic rings. The van der Waals surface area contributed by atoms with Crippen LogP contribution in [-0.2, 0) is 22.5 Å². The van der Waals surface area contributed by atoms with E-state index < -0.39 is 0 Å². The Morgan fingerprint density at radius 3 is 2.48 bits per heavy atom. The lowest BCUT2D eigenvalue weighted by Crippen LogP contribution is -2.37. The predicted octanol–water partition coefficient (Wildman–Crippen LogP) is 3.45. The van der Waals surface area contributed by atoms with Gasteiger partial charge in [0.25, 0.3) is 0 Å². The highest BCUT2D eigenvalue weighted by Crippen LogP contribution is 2.38. The first-order valence-corrected chi connectivity index (χ1v) is 9.85. The molecule has 1 amide bonds. The average Bonchev–Trinajstić information content (AvgIpc) is 3.44. The van der Waals surface area contributed by atoms with Crippen LogP contribution in [0.5, 0.6) is 17.2 Å². The van der Waals surface area contributed by atoms with Crippen molar-refractivity contribution in [1.82, 2.24) is 4.90 Å². The van der Waals surface area contributed by atoms with E-state index in [2.05, 4.69) is 0 Å². The van der Waals surface area contributed by atoms with E-state index in [0.717, 1.165) is 30.8 Å². The van der Waals surface area contributed by atoms with Crippen LogP contribution < -0.4 is 14.2 Å². The summed E-state index contributed by atoms with van der Waals surface area (Å²) in [5.41, 5.74) is 0.947. The number of hydrogen-bond donors (Lipinski definition) is 0. The van der Waals surface area contributed by atoms with Gasteiger partial charge in [0.2, 0.25) is 11.7 Å². The van der Waals surface area contributed by atoms with Crippen LogP contribution in [0, 0.1) is 0 Å². The topological polar surface area (TPSA) is 70.4 Å². The zero-order valence-corrected chi connectivity index (χ0v) is 17.3. The minimum absolute atomic E-state index is 0.0608. The summed E-state index contributed by atoms with van der Waals surface area (Å²) in [7, 11) is 4.74. The van der Waals surface area contributed by atoms with Crippen LogP contribution in [0.3, 0.4) is 0 Å². The fourth-order valence-corrected chi connectivity index (χ4v) is 3.57. The molecule has 1 unspecified atom stereocenters. The number of aryl methyl sites for hydroxylation is 1. The van der Waals surface area contributed by atoms with Crippen molar-refractivity contribution in [3.05, 3.63) is 41.9 Å². The third-order valence-corrected chi connectivity index (χ3v) is 5.08. The smallest absolute Gasteiger partial charge is 0.223 e. The largest absolute Gasteiger partial charge is 0.493 e. The molecule has 0 spiro atoms. The molecule has 1 aliphatic heterocycles. The van der Waals surface area contributed by atoms with Crippen LogP contribution >= 0.6 is 0 Å². The molecule has 0 radical (unpaired) electrons. The molecule has 158 valence electrons. The lowest BCUT2D eigenvalue weighted by Gasteiger charge is -2.25. The molecule has 1 fully saturated rings. The molecule has 0 bridgehead atoms. The summed E-state index contributed by atoms with van der Waals surface area (Å²) in [5, 5.41) is 0. The maximum absolute atomic E-state index is 13.0. The van der Waals surface area contributed by atoms with Gasteiger partial charge in [-0.2, -0.15) is 0 Å². The normalized spacial score (nSPS) is 15.9. The molecular weight excluding hydrogens is 374 g/mol. The SMILES string of the molecule is COc1cc(CCC(=O)N(Cc2ccco2)CC2CCCO2)cc(OC)c1OC. The third kappa shape index (κ3) is 5.44. The van der Waals surface area contributed by atoms with Crippen molar-refractivity contribution in [3.8, 4) is 17.2 Å². The molecular formula is C22H29NO6. The summed E-state index contributed by atoms with van der Waals surface area (Å²) in [6, 6.07) is 7.48. The number of hydrogen-bond acceptors (Lipinski definition) is 6. The van der Waals surface area contributed by atoms with E-state index >= 15 is 0 Å². The minimum atomic E-state index is 0.0608. The summed E-state index contributed by atoms with van der Waals surface area (Å²) in [5.74, 6) is 2.54. The maximum atomic E-state index is 13.0. The van der Waals surface area contributed by atoms with Crippen LogP contribution in [0.2, 0.25) is 0 Å². The average molecular weight is 403 g/mol. The van der Waals surface area contributed by atoms with Gasteiger partial charge in [-0.15, -0.1) is 0 Å². The predicted molar refractivity (Wildman–Crippen MR) is 108 cm³/mol. The zero-order chi connectivity index (χ0) is 20.6.